The van der Waals surface area contributed by atoms with Gasteiger partial charge in [-0.15, -0.1) is 0 Å². The van der Waals surface area contributed by atoms with Gasteiger partial charge in [-0.2, -0.15) is 0 Å². The third-order valence-corrected chi connectivity index (χ3v) is 4.42. The second-order valence-corrected chi connectivity index (χ2v) is 4.58. The largest absolute Gasteiger partial charge is 0.0619 e. The van der Waals surface area contributed by atoms with E-state index in [1.165, 1.54) is 19.3 Å². The predicted molar refractivity (Wildman–Crippen MR) is 39.2 cm³/mol. The van der Waals surface area contributed by atoms with Crippen LogP contribution in [0.4, 0.5) is 0 Å². The van der Waals surface area contributed by atoms with Crippen molar-refractivity contribution in [2.45, 2.75) is 40.0 Å². The Kier molecular flexibility index (Phi) is 0.774. The standard InChI is InChI=1S/C9H16/c1-7-6-8(2)4-5-9(7,8)3/h7H,4-6H2,1-3H3. The highest BCUT2D eigenvalue weighted by Crippen LogP contribution is 2.72. The lowest BCUT2D eigenvalue weighted by Gasteiger charge is -2.70. The van der Waals surface area contributed by atoms with Crippen molar-refractivity contribution in [1.82, 2.24) is 0 Å². The van der Waals surface area contributed by atoms with Crippen molar-refractivity contribution in [2.24, 2.45) is 16.7 Å². The van der Waals surface area contributed by atoms with Crippen LogP contribution >= 0.6 is 0 Å². The molecule has 2 aliphatic rings. The highest BCUT2D eigenvalue weighted by Gasteiger charge is 2.63. The van der Waals surface area contributed by atoms with Crippen LogP contribution in [0.1, 0.15) is 40.0 Å². The molecule has 0 aromatic carbocycles. The smallest absolute Gasteiger partial charge is 0.0246 e. The van der Waals surface area contributed by atoms with Gasteiger partial charge in [0.1, 0.15) is 0 Å². The summed E-state index contributed by atoms with van der Waals surface area (Å²) >= 11 is 0. The number of fused-ring (bicyclic) bond motifs is 1. The van der Waals surface area contributed by atoms with Gasteiger partial charge in [0, 0.05) is 0 Å². The molecule has 0 spiro atoms. The van der Waals surface area contributed by atoms with Crippen molar-refractivity contribution in [3.8, 4) is 0 Å². The maximum absolute atomic E-state index is 2.46. The normalized spacial score (nSPS) is 63.7. The Bertz CT molecular complexity index is 150. The van der Waals surface area contributed by atoms with Gasteiger partial charge in [-0.05, 0) is 36.0 Å². The van der Waals surface area contributed by atoms with E-state index in [2.05, 4.69) is 20.8 Å². The van der Waals surface area contributed by atoms with Crippen molar-refractivity contribution < 1.29 is 0 Å². The lowest BCUT2D eigenvalue weighted by atomic mass is 9.35. The average Bonchev–Trinajstić information content (AvgIpc) is 1.84. The second-order valence-electron chi connectivity index (χ2n) is 4.58. The van der Waals surface area contributed by atoms with Crippen LogP contribution in [-0.2, 0) is 0 Å². The highest BCUT2D eigenvalue weighted by atomic mass is 14.7. The first kappa shape index (κ1) is 5.76. The fraction of sp³-hybridized carbons (Fsp3) is 1.00. The van der Waals surface area contributed by atoms with Gasteiger partial charge >= 0.3 is 0 Å². The van der Waals surface area contributed by atoms with Gasteiger partial charge in [-0.1, -0.05) is 20.8 Å². The molecule has 0 heteroatoms. The summed E-state index contributed by atoms with van der Waals surface area (Å²) < 4.78 is 0. The van der Waals surface area contributed by atoms with E-state index in [9.17, 15) is 0 Å². The van der Waals surface area contributed by atoms with E-state index in [4.69, 9.17) is 0 Å². The Morgan fingerprint density at radius 1 is 1.22 bits per heavy atom. The summed E-state index contributed by atoms with van der Waals surface area (Å²) in [5.41, 5.74) is 1.53. The Balaban J connectivity index is 2.21. The molecule has 0 aromatic heterocycles. The van der Waals surface area contributed by atoms with Gasteiger partial charge in [0.2, 0.25) is 0 Å². The van der Waals surface area contributed by atoms with Crippen molar-refractivity contribution in [3.63, 3.8) is 0 Å². The van der Waals surface area contributed by atoms with Crippen LogP contribution in [0.15, 0.2) is 0 Å². The van der Waals surface area contributed by atoms with Gasteiger partial charge in [-0.3, -0.25) is 0 Å². The minimum atomic E-state index is 0.757. The molecule has 3 unspecified atom stereocenters. The van der Waals surface area contributed by atoms with Crippen LogP contribution < -0.4 is 0 Å². The van der Waals surface area contributed by atoms with E-state index in [0.717, 1.165) is 16.7 Å². The molecule has 0 radical (unpaired) electrons. The van der Waals surface area contributed by atoms with E-state index in [0.29, 0.717) is 0 Å². The molecule has 0 bridgehead atoms. The summed E-state index contributed by atoms with van der Waals surface area (Å²) in [7, 11) is 0. The Morgan fingerprint density at radius 2 is 1.89 bits per heavy atom. The molecule has 0 nitrogen and oxygen atoms in total. The SMILES string of the molecule is CC1CC2(C)CCC12C. The van der Waals surface area contributed by atoms with Crippen molar-refractivity contribution in [2.75, 3.05) is 0 Å². The van der Waals surface area contributed by atoms with Crippen LogP contribution in [-0.4, -0.2) is 0 Å². The molecule has 9 heavy (non-hydrogen) atoms. The fourth-order valence-corrected chi connectivity index (χ4v) is 2.89. The third-order valence-electron chi connectivity index (χ3n) is 4.42. The van der Waals surface area contributed by atoms with E-state index in [1.807, 2.05) is 0 Å². The molecular weight excluding hydrogens is 108 g/mol. The molecule has 0 saturated heterocycles. The molecule has 2 rings (SSSR count). The molecule has 2 saturated carbocycles. The van der Waals surface area contributed by atoms with Crippen LogP contribution in [0.3, 0.4) is 0 Å². The zero-order valence-corrected chi connectivity index (χ0v) is 6.70. The number of rotatable bonds is 0. The molecule has 0 heterocycles. The molecule has 0 N–H and O–H groups in total. The molecule has 2 fully saturated rings. The zero-order valence-electron chi connectivity index (χ0n) is 6.70. The molecule has 3 atom stereocenters. The lowest BCUT2D eigenvalue weighted by Crippen LogP contribution is -2.61. The number of hydrogen-bond donors (Lipinski definition) is 0. The van der Waals surface area contributed by atoms with E-state index < -0.39 is 0 Å². The van der Waals surface area contributed by atoms with E-state index >= 15 is 0 Å². The van der Waals surface area contributed by atoms with Crippen LogP contribution in [0, 0.1) is 16.7 Å². The molecule has 0 aliphatic heterocycles. The van der Waals surface area contributed by atoms with Crippen LogP contribution in [0.25, 0.3) is 0 Å². The van der Waals surface area contributed by atoms with Crippen LogP contribution in [0.2, 0.25) is 0 Å². The summed E-state index contributed by atoms with van der Waals surface area (Å²) in [4.78, 5) is 0. The maximum Gasteiger partial charge on any atom is -0.0246 e. The average molecular weight is 124 g/mol. The lowest BCUT2D eigenvalue weighted by molar-refractivity contribution is -0.201. The molecule has 0 amide bonds. The Hall–Kier alpha value is 0. The van der Waals surface area contributed by atoms with E-state index in [1.54, 1.807) is 0 Å². The monoisotopic (exact) mass is 124 g/mol. The van der Waals surface area contributed by atoms with Crippen molar-refractivity contribution >= 4 is 0 Å². The summed E-state index contributed by atoms with van der Waals surface area (Å²) in [6, 6.07) is 0. The Morgan fingerprint density at radius 3 is 1.89 bits per heavy atom. The van der Waals surface area contributed by atoms with Crippen LogP contribution in [0.5, 0.6) is 0 Å². The van der Waals surface area contributed by atoms with E-state index in [-0.39, 0.29) is 0 Å². The molecular formula is C9H16. The quantitative estimate of drug-likeness (QED) is 0.466. The Labute approximate surface area is 57.6 Å². The maximum atomic E-state index is 2.46. The minimum Gasteiger partial charge on any atom is -0.0619 e. The summed E-state index contributed by atoms with van der Waals surface area (Å²) in [6.07, 6.45) is 4.47. The second kappa shape index (κ2) is 1.21. The molecule has 0 aromatic rings. The van der Waals surface area contributed by atoms with Gasteiger partial charge in [-0.25, -0.2) is 0 Å². The summed E-state index contributed by atoms with van der Waals surface area (Å²) in [5.74, 6) is 1.01. The first-order valence-corrected chi connectivity index (χ1v) is 4.08. The van der Waals surface area contributed by atoms with Gasteiger partial charge in [0.05, 0.1) is 0 Å². The summed E-state index contributed by atoms with van der Waals surface area (Å²) in [6.45, 7) is 7.32. The summed E-state index contributed by atoms with van der Waals surface area (Å²) in [5, 5.41) is 0. The fourth-order valence-electron chi connectivity index (χ4n) is 2.89. The topological polar surface area (TPSA) is 0 Å². The number of hydrogen-bond acceptors (Lipinski definition) is 0. The predicted octanol–water partition coefficient (Wildman–Crippen LogP) is 2.83. The minimum absolute atomic E-state index is 0.757. The molecule has 2 aliphatic carbocycles. The zero-order chi connectivity index (χ0) is 6.70. The highest BCUT2D eigenvalue weighted by molar-refractivity contribution is 5.13. The molecule has 52 valence electrons. The van der Waals surface area contributed by atoms with Gasteiger partial charge in [0.15, 0.2) is 0 Å². The third kappa shape index (κ3) is 0.395. The first-order valence-electron chi connectivity index (χ1n) is 4.08. The van der Waals surface area contributed by atoms with Gasteiger partial charge in [0.25, 0.3) is 0 Å². The first-order chi connectivity index (χ1) is 4.08. The van der Waals surface area contributed by atoms with Crippen molar-refractivity contribution in [3.05, 3.63) is 0 Å². The van der Waals surface area contributed by atoms with Crippen molar-refractivity contribution in [1.29, 1.82) is 0 Å². The van der Waals surface area contributed by atoms with Gasteiger partial charge < -0.3 is 0 Å².